The zero-order valence-electron chi connectivity index (χ0n) is 17.8. The van der Waals surface area contributed by atoms with Crippen molar-refractivity contribution in [2.24, 2.45) is 23.2 Å². The van der Waals surface area contributed by atoms with Crippen molar-refractivity contribution in [1.82, 2.24) is 5.32 Å². The largest absolute Gasteiger partial charge is 0.420 e. The van der Waals surface area contributed by atoms with E-state index in [1.165, 1.54) is 18.2 Å². The number of esters is 1. The van der Waals surface area contributed by atoms with Crippen LogP contribution in [-0.2, 0) is 14.0 Å². The van der Waals surface area contributed by atoms with Crippen molar-refractivity contribution in [3.05, 3.63) is 34.4 Å². The molecule has 0 radical (unpaired) electrons. The minimum absolute atomic E-state index is 0.0579. The molecule has 1 aromatic carbocycles. The summed E-state index contributed by atoms with van der Waals surface area (Å²) in [6.07, 6.45) is 0. The van der Waals surface area contributed by atoms with Crippen molar-refractivity contribution in [2.45, 2.75) is 46.8 Å². The van der Waals surface area contributed by atoms with Gasteiger partial charge in [0.25, 0.3) is 0 Å². The highest BCUT2D eigenvalue weighted by Crippen LogP contribution is 2.40. The highest BCUT2D eigenvalue weighted by Gasteiger charge is 2.52. The summed E-state index contributed by atoms with van der Waals surface area (Å²) in [6, 6.07) is 5.34. The van der Waals surface area contributed by atoms with Gasteiger partial charge in [-0.25, -0.2) is 0 Å². The molecule has 0 saturated carbocycles. The molecule has 1 heterocycles. The van der Waals surface area contributed by atoms with Crippen molar-refractivity contribution >= 4 is 26.6 Å². The number of β-lactam (4-membered cyclic amide) rings is 1. The number of nitro benzene ring substituents is 1. The SMILES string of the molecule is C[C@@H](C(=O)Oc1ccccc1[N+](=O)[O-])[C@H]1NC(=O)[C@H]1[C@@H](CO[SiH](C)C)C(C)(C)C. The van der Waals surface area contributed by atoms with Crippen LogP contribution in [0.5, 0.6) is 5.75 Å². The van der Waals surface area contributed by atoms with Crippen LogP contribution in [0.3, 0.4) is 0 Å². The van der Waals surface area contributed by atoms with E-state index in [4.69, 9.17) is 9.16 Å². The number of nitro groups is 1. The van der Waals surface area contributed by atoms with Crippen LogP contribution in [-0.4, -0.2) is 38.5 Å². The number of nitrogens with zero attached hydrogens (tertiary/aromatic N) is 1. The maximum atomic E-state index is 12.7. The zero-order chi connectivity index (χ0) is 21.9. The van der Waals surface area contributed by atoms with E-state index in [0.717, 1.165) is 0 Å². The fraction of sp³-hybridized carbons (Fsp3) is 0.600. The molecular weight excluding hydrogens is 392 g/mol. The van der Waals surface area contributed by atoms with E-state index in [-0.39, 0.29) is 34.6 Å². The molecule has 1 saturated heterocycles. The van der Waals surface area contributed by atoms with Gasteiger partial charge < -0.3 is 14.5 Å². The molecule has 1 N–H and O–H groups in total. The highest BCUT2D eigenvalue weighted by molar-refractivity contribution is 6.48. The second-order valence-corrected chi connectivity index (χ2v) is 11.3. The van der Waals surface area contributed by atoms with Crippen LogP contribution in [0.1, 0.15) is 27.7 Å². The third-order valence-corrected chi connectivity index (χ3v) is 6.20. The number of rotatable bonds is 8. The highest BCUT2D eigenvalue weighted by atomic mass is 28.3. The summed E-state index contributed by atoms with van der Waals surface area (Å²) >= 11 is 0. The number of carbonyl (C=O) groups excluding carboxylic acids is 2. The van der Waals surface area contributed by atoms with Crippen molar-refractivity contribution in [3.63, 3.8) is 0 Å². The number of nitrogens with one attached hydrogen (secondary N) is 1. The third-order valence-electron chi connectivity index (χ3n) is 5.34. The molecule has 1 aliphatic heterocycles. The topological polar surface area (TPSA) is 108 Å². The van der Waals surface area contributed by atoms with E-state index in [9.17, 15) is 19.7 Å². The Labute approximate surface area is 172 Å². The summed E-state index contributed by atoms with van der Waals surface area (Å²) in [7, 11) is -1.26. The summed E-state index contributed by atoms with van der Waals surface area (Å²) in [5.41, 5.74) is -0.462. The summed E-state index contributed by atoms with van der Waals surface area (Å²) < 4.78 is 11.2. The molecule has 8 nitrogen and oxygen atoms in total. The molecule has 1 aromatic rings. The molecule has 0 spiro atoms. The molecule has 1 aliphatic rings. The Morgan fingerprint density at radius 2 is 1.93 bits per heavy atom. The minimum atomic E-state index is -1.26. The Morgan fingerprint density at radius 3 is 2.45 bits per heavy atom. The van der Waals surface area contributed by atoms with Crippen LogP contribution in [0.25, 0.3) is 0 Å². The second-order valence-electron chi connectivity index (χ2n) is 8.85. The van der Waals surface area contributed by atoms with E-state index < -0.39 is 31.9 Å². The molecule has 160 valence electrons. The average molecular weight is 423 g/mol. The monoisotopic (exact) mass is 422 g/mol. The molecular formula is C20H30N2O6Si. The lowest BCUT2D eigenvalue weighted by Crippen LogP contribution is -2.66. The molecule has 1 amide bonds. The Morgan fingerprint density at radius 1 is 1.31 bits per heavy atom. The smallest absolute Gasteiger partial charge is 0.316 e. The average Bonchev–Trinajstić information content (AvgIpc) is 2.61. The van der Waals surface area contributed by atoms with Gasteiger partial charge in [0.1, 0.15) is 0 Å². The molecule has 4 atom stereocenters. The van der Waals surface area contributed by atoms with Crippen molar-refractivity contribution in [1.29, 1.82) is 0 Å². The first kappa shape index (κ1) is 23.0. The third kappa shape index (κ3) is 5.42. The van der Waals surface area contributed by atoms with Gasteiger partial charge in [-0.2, -0.15) is 0 Å². The van der Waals surface area contributed by atoms with Crippen LogP contribution in [0.4, 0.5) is 5.69 Å². The van der Waals surface area contributed by atoms with Crippen LogP contribution in [0, 0.1) is 33.3 Å². The van der Waals surface area contributed by atoms with Crippen molar-refractivity contribution in [3.8, 4) is 5.75 Å². The molecule has 29 heavy (non-hydrogen) atoms. The van der Waals surface area contributed by atoms with Gasteiger partial charge in [-0.3, -0.25) is 19.7 Å². The lowest BCUT2D eigenvalue weighted by atomic mass is 9.65. The van der Waals surface area contributed by atoms with E-state index in [0.29, 0.717) is 6.61 Å². The molecule has 0 bridgehead atoms. The van der Waals surface area contributed by atoms with Gasteiger partial charge in [-0.05, 0) is 37.4 Å². The first-order valence-corrected chi connectivity index (χ1v) is 12.6. The standard InChI is InChI=1S/C20H30N2O6Si/c1-12(19(24)28-15-10-8-7-9-14(15)22(25)26)17-16(18(23)21-17)13(20(2,3)4)11-27-29(5)6/h7-10,12-13,16-17,29H,11H2,1-6H3,(H,21,23)/t12-,13-,16+,17-/m1/s1. The van der Waals surface area contributed by atoms with E-state index in [1.54, 1.807) is 13.0 Å². The van der Waals surface area contributed by atoms with E-state index in [1.807, 2.05) is 0 Å². The Kier molecular flexibility index (Phi) is 7.18. The van der Waals surface area contributed by atoms with E-state index in [2.05, 4.69) is 39.2 Å². The molecule has 0 aliphatic carbocycles. The van der Waals surface area contributed by atoms with Crippen molar-refractivity contribution in [2.75, 3.05) is 6.61 Å². The van der Waals surface area contributed by atoms with Gasteiger partial charge in [0.05, 0.1) is 22.8 Å². The molecule has 0 unspecified atom stereocenters. The van der Waals surface area contributed by atoms with Gasteiger partial charge in [-0.15, -0.1) is 0 Å². The number of benzene rings is 1. The second kappa shape index (κ2) is 9.04. The van der Waals surface area contributed by atoms with Gasteiger partial charge in [0.15, 0.2) is 9.04 Å². The number of amides is 1. The molecule has 1 fully saturated rings. The normalized spacial score (nSPS) is 21.1. The van der Waals surface area contributed by atoms with Crippen LogP contribution in [0.2, 0.25) is 13.1 Å². The van der Waals surface area contributed by atoms with Gasteiger partial charge in [0, 0.05) is 12.7 Å². The molecule has 9 heteroatoms. The van der Waals surface area contributed by atoms with Gasteiger partial charge in [0.2, 0.25) is 11.7 Å². The summed E-state index contributed by atoms with van der Waals surface area (Å²) in [5, 5.41) is 14.0. The minimum Gasteiger partial charge on any atom is -0.420 e. The fourth-order valence-electron chi connectivity index (χ4n) is 3.52. The number of ether oxygens (including phenoxy) is 1. The van der Waals surface area contributed by atoms with Gasteiger partial charge in [-0.1, -0.05) is 32.9 Å². The predicted octanol–water partition coefficient (Wildman–Crippen LogP) is 2.91. The first-order chi connectivity index (χ1) is 13.4. The zero-order valence-corrected chi connectivity index (χ0v) is 19.0. The summed E-state index contributed by atoms with van der Waals surface area (Å²) in [5.74, 6) is -1.90. The van der Waals surface area contributed by atoms with Crippen molar-refractivity contribution < 1.29 is 23.7 Å². The van der Waals surface area contributed by atoms with Gasteiger partial charge >= 0.3 is 11.7 Å². The maximum Gasteiger partial charge on any atom is 0.316 e. The summed E-state index contributed by atoms with van der Waals surface area (Å²) in [6.45, 7) is 12.5. The van der Waals surface area contributed by atoms with Crippen LogP contribution < -0.4 is 10.1 Å². The predicted molar refractivity (Wildman–Crippen MR) is 111 cm³/mol. The van der Waals surface area contributed by atoms with Crippen LogP contribution >= 0.6 is 0 Å². The Balaban J connectivity index is 2.17. The quantitative estimate of drug-likeness (QED) is 0.172. The lowest BCUT2D eigenvalue weighted by molar-refractivity contribution is -0.385. The Hall–Kier alpha value is -2.26. The number of carbonyl (C=O) groups is 2. The summed E-state index contributed by atoms with van der Waals surface area (Å²) in [4.78, 5) is 35.6. The Bertz CT molecular complexity index is 776. The first-order valence-electron chi connectivity index (χ1n) is 9.80. The number of hydrogen-bond donors (Lipinski definition) is 1. The maximum absolute atomic E-state index is 12.7. The molecule has 0 aromatic heterocycles. The van der Waals surface area contributed by atoms with E-state index >= 15 is 0 Å². The van der Waals surface area contributed by atoms with Crippen LogP contribution in [0.15, 0.2) is 24.3 Å². The molecule has 2 rings (SSSR count). The lowest BCUT2D eigenvalue weighted by Gasteiger charge is -2.48. The number of para-hydroxylation sites is 2. The fourth-order valence-corrected chi connectivity index (χ4v) is 4.11. The number of hydrogen-bond acceptors (Lipinski definition) is 6.